The van der Waals surface area contributed by atoms with Gasteiger partial charge in [-0.15, -0.1) is 0 Å². The fourth-order valence-electron chi connectivity index (χ4n) is 3.69. The van der Waals surface area contributed by atoms with Crippen molar-refractivity contribution in [1.82, 2.24) is 5.32 Å². The Hall–Kier alpha value is -1.02. The molecule has 1 aromatic carbocycles. The van der Waals surface area contributed by atoms with Crippen LogP contribution in [0.5, 0.6) is 0 Å². The normalized spacial score (nSPS) is 25.9. The van der Waals surface area contributed by atoms with Gasteiger partial charge in [-0.05, 0) is 50.2 Å². The van der Waals surface area contributed by atoms with E-state index in [9.17, 15) is 0 Å². The van der Waals surface area contributed by atoms with Crippen molar-refractivity contribution in [2.24, 2.45) is 5.92 Å². The molecule has 1 aromatic rings. The Balaban J connectivity index is 1.75. The van der Waals surface area contributed by atoms with E-state index in [4.69, 9.17) is 0 Å². The van der Waals surface area contributed by atoms with Gasteiger partial charge in [0.2, 0.25) is 0 Å². The van der Waals surface area contributed by atoms with E-state index >= 15 is 0 Å². The number of aryl methyl sites for hydroxylation is 1. The van der Waals surface area contributed by atoms with Crippen molar-refractivity contribution in [2.45, 2.75) is 71.0 Å². The van der Waals surface area contributed by atoms with Crippen LogP contribution >= 0.6 is 0 Å². The minimum absolute atomic E-state index is 0.719. The smallest absolute Gasteiger partial charge is 0.0411 e. The van der Waals surface area contributed by atoms with Gasteiger partial charge in [-0.3, -0.25) is 0 Å². The summed E-state index contributed by atoms with van der Waals surface area (Å²) in [6, 6.07) is 8.46. The summed E-state index contributed by atoms with van der Waals surface area (Å²) in [6.45, 7) is 5.63. The molecule has 0 heterocycles. The molecule has 0 amide bonds. The molecular formula is C19H30N2. The predicted octanol–water partition coefficient (Wildman–Crippen LogP) is 4.26. The number of nitrogens with zero attached hydrogens (tertiary/aromatic N) is 1. The number of rotatable bonds is 5. The van der Waals surface area contributed by atoms with Gasteiger partial charge in [-0.1, -0.05) is 37.5 Å². The number of benzene rings is 1. The quantitative estimate of drug-likeness (QED) is 0.870. The maximum Gasteiger partial charge on any atom is 0.0411 e. The standard InChI is InChI=1S/C19H30N2/c1-14-5-4-6-18(12-14)21(3)19-10-7-15(2)11-16(19)13-20-17-8-9-17/h7,10-11,14,17-18,20H,4-6,8-9,12-13H2,1-3H3. The van der Waals surface area contributed by atoms with Gasteiger partial charge in [0.1, 0.15) is 0 Å². The molecule has 2 saturated carbocycles. The lowest BCUT2D eigenvalue weighted by Crippen LogP contribution is -2.36. The van der Waals surface area contributed by atoms with E-state index in [1.807, 2.05) is 0 Å². The van der Waals surface area contributed by atoms with Crippen molar-refractivity contribution >= 4 is 5.69 Å². The second-order valence-electron chi connectivity index (χ2n) is 7.32. The number of hydrogen-bond acceptors (Lipinski definition) is 2. The molecule has 116 valence electrons. The molecule has 0 saturated heterocycles. The van der Waals surface area contributed by atoms with Crippen LogP contribution in [0.15, 0.2) is 18.2 Å². The van der Waals surface area contributed by atoms with Crippen LogP contribution in [0.25, 0.3) is 0 Å². The highest BCUT2D eigenvalue weighted by molar-refractivity contribution is 5.55. The Morgan fingerprint density at radius 1 is 1.19 bits per heavy atom. The van der Waals surface area contributed by atoms with Crippen molar-refractivity contribution < 1.29 is 0 Å². The first-order chi connectivity index (χ1) is 10.1. The summed E-state index contributed by atoms with van der Waals surface area (Å²) in [6.07, 6.45) is 8.21. The van der Waals surface area contributed by atoms with E-state index < -0.39 is 0 Å². The Morgan fingerprint density at radius 2 is 2.00 bits per heavy atom. The summed E-state index contributed by atoms with van der Waals surface area (Å²) in [7, 11) is 2.30. The third kappa shape index (κ3) is 3.79. The van der Waals surface area contributed by atoms with Crippen LogP contribution < -0.4 is 10.2 Å². The lowest BCUT2D eigenvalue weighted by Gasteiger charge is -2.36. The first-order valence-electron chi connectivity index (χ1n) is 8.69. The highest BCUT2D eigenvalue weighted by Gasteiger charge is 2.25. The van der Waals surface area contributed by atoms with Gasteiger partial charge in [-0.2, -0.15) is 0 Å². The van der Waals surface area contributed by atoms with Gasteiger partial charge >= 0.3 is 0 Å². The zero-order chi connectivity index (χ0) is 14.8. The SMILES string of the molecule is Cc1ccc(N(C)C2CCCC(C)C2)c(CNC2CC2)c1. The maximum absolute atomic E-state index is 3.68. The number of hydrogen-bond donors (Lipinski definition) is 1. The Labute approximate surface area is 129 Å². The molecule has 2 fully saturated rings. The van der Waals surface area contributed by atoms with E-state index in [-0.39, 0.29) is 0 Å². The van der Waals surface area contributed by atoms with Crippen LogP contribution in [0.2, 0.25) is 0 Å². The molecule has 2 atom stereocenters. The first-order valence-corrected chi connectivity index (χ1v) is 8.69. The maximum atomic E-state index is 3.68. The van der Waals surface area contributed by atoms with E-state index in [1.54, 1.807) is 0 Å². The molecule has 2 unspecified atom stereocenters. The summed E-state index contributed by atoms with van der Waals surface area (Å²) in [5.74, 6) is 0.879. The van der Waals surface area contributed by atoms with Crippen LogP contribution in [-0.4, -0.2) is 19.1 Å². The van der Waals surface area contributed by atoms with E-state index in [2.05, 4.69) is 49.3 Å². The van der Waals surface area contributed by atoms with Gasteiger partial charge in [0.15, 0.2) is 0 Å². The zero-order valence-electron chi connectivity index (χ0n) is 13.9. The Morgan fingerprint density at radius 3 is 2.71 bits per heavy atom. The summed E-state index contributed by atoms with van der Waals surface area (Å²) < 4.78 is 0. The summed E-state index contributed by atoms with van der Waals surface area (Å²) in [4.78, 5) is 2.55. The molecule has 1 N–H and O–H groups in total. The Kier molecular flexibility index (Phi) is 4.54. The summed E-state index contributed by atoms with van der Waals surface area (Å²) in [5.41, 5.74) is 4.28. The first kappa shape index (κ1) is 14.9. The van der Waals surface area contributed by atoms with Gasteiger partial charge in [0.25, 0.3) is 0 Å². The largest absolute Gasteiger partial charge is 0.371 e. The van der Waals surface area contributed by atoms with E-state index in [0.29, 0.717) is 0 Å². The summed E-state index contributed by atoms with van der Waals surface area (Å²) in [5, 5.41) is 3.68. The molecule has 2 heteroatoms. The molecule has 3 rings (SSSR count). The van der Waals surface area contributed by atoms with Crippen LogP contribution in [0.3, 0.4) is 0 Å². The minimum Gasteiger partial charge on any atom is -0.371 e. The fourth-order valence-corrected chi connectivity index (χ4v) is 3.69. The van der Waals surface area contributed by atoms with Crippen molar-refractivity contribution in [3.05, 3.63) is 29.3 Å². The van der Waals surface area contributed by atoms with Crippen molar-refractivity contribution in [2.75, 3.05) is 11.9 Å². The third-order valence-corrected chi connectivity index (χ3v) is 5.23. The summed E-state index contributed by atoms with van der Waals surface area (Å²) >= 11 is 0. The molecule has 2 aliphatic carbocycles. The van der Waals surface area contributed by atoms with Crippen LogP contribution in [0, 0.1) is 12.8 Å². The monoisotopic (exact) mass is 286 g/mol. The molecule has 2 aliphatic rings. The van der Waals surface area contributed by atoms with E-state index in [1.165, 1.54) is 55.3 Å². The third-order valence-electron chi connectivity index (χ3n) is 5.23. The zero-order valence-corrected chi connectivity index (χ0v) is 13.9. The van der Waals surface area contributed by atoms with Crippen LogP contribution in [0.1, 0.15) is 56.6 Å². The van der Waals surface area contributed by atoms with Gasteiger partial charge < -0.3 is 10.2 Å². The fraction of sp³-hybridized carbons (Fsp3) is 0.684. The van der Waals surface area contributed by atoms with Gasteiger partial charge in [-0.25, -0.2) is 0 Å². The molecule has 0 radical (unpaired) electrons. The number of nitrogens with one attached hydrogen (secondary N) is 1. The van der Waals surface area contributed by atoms with Gasteiger partial charge in [0.05, 0.1) is 0 Å². The van der Waals surface area contributed by atoms with E-state index in [0.717, 1.165) is 24.5 Å². The molecule has 21 heavy (non-hydrogen) atoms. The average Bonchev–Trinajstić information content (AvgIpc) is 3.29. The van der Waals surface area contributed by atoms with Crippen molar-refractivity contribution in [1.29, 1.82) is 0 Å². The topological polar surface area (TPSA) is 15.3 Å². The van der Waals surface area contributed by atoms with Crippen molar-refractivity contribution in [3.63, 3.8) is 0 Å². The molecule has 2 nitrogen and oxygen atoms in total. The highest BCUT2D eigenvalue weighted by atomic mass is 15.1. The molecular weight excluding hydrogens is 256 g/mol. The second-order valence-corrected chi connectivity index (χ2v) is 7.32. The highest BCUT2D eigenvalue weighted by Crippen LogP contribution is 2.32. The van der Waals surface area contributed by atoms with Crippen LogP contribution in [0.4, 0.5) is 5.69 Å². The molecule has 0 spiro atoms. The van der Waals surface area contributed by atoms with Crippen molar-refractivity contribution in [3.8, 4) is 0 Å². The number of anilines is 1. The molecule has 0 aromatic heterocycles. The molecule has 0 aliphatic heterocycles. The van der Waals surface area contributed by atoms with Crippen LogP contribution in [-0.2, 0) is 6.54 Å². The minimum atomic E-state index is 0.719. The van der Waals surface area contributed by atoms with Gasteiger partial charge in [0, 0.05) is 31.4 Å². The predicted molar refractivity (Wildman–Crippen MR) is 90.9 cm³/mol. The molecule has 0 bridgehead atoms. The lowest BCUT2D eigenvalue weighted by atomic mass is 9.86. The second kappa shape index (κ2) is 6.39. The Bertz CT molecular complexity index is 478. The lowest BCUT2D eigenvalue weighted by molar-refractivity contribution is 0.336. The average molecular weight is 286 g/mol.